The lowest BCUT2D eigenvalue weighted by atomic mass is 10.1. The molecule has 0 unspecified atom stereocenters. The van der Waals surface area contributed by atoms with E-state index in [1.165, 1.54) is 36.3 Å². The number of pyridine rings is 1. The number of hydrogen-bond acceptors (Lipinski definition) is 4. The van der Waals surface area contributed by atoms with Crippen LogP contribution < -0.4 is 4.74 Å². The number of carbonyl (C=O) groups is 1. The maximum atomic E-state index is 14.2. The molecule has 2 aromatic carbocycles. The molecule has 0 bridgehead atoms. The number of nitrogens with zero attached hydrogens (tertiary/aromatic N) is 4. The molecule has 6 nitrogen and oxygen atoms in total. The van der Waals surface area contributed by atoms with Crippen LogP contribution in [-0.2, 0) is 19.1 Å². The molecular formula is C26H22ClF3N4O2. The summed E-state index contributed by atoms with van der Waals surface area (Å²) in [5.74, 6) is -0.273. The van der Waals surface area contributed by atoms with E-state index in [1.807, 2.05) is 6.07 Å². The second-order valence-electron chi connectivity index (χ2n) is 7.90. The Hall–Kier alpha value is -3.85. The second kappa shape index (κ2) is 10.8. The zero-order valence-corrected chi connectivity index (χ0v) is 20.0. The number of methoxy groups -OCH3 is 1. The van der Waals surface area contributed by atoms with E-state index >= 15 is 0 Å². The molecule has 0 N–H and O–H groups in total. The van der Waals surface area contributed by atoms with E-state index in [2.05, 4.69) is 10.1 Å². The summed E-state index contributed by atoms with van der Waals surface area (Å²) in [5.41, 5.74) is -0.196. The predicted octanol–water partition coefficient (Wildman–Crippen LogP) is 5.83. The Morgan fingerprint density at radius 1 is 1.06 bits per heavy atom. The first-order valence-electron chi connectivity index (χ1n) is 11.0. The number of ether oxygens (including phenoxy) is 1. The molecule has 1 amide bonds. The van der Waals surface area contributed by atoms with Gasteiger partial charge in [-0.05, 0) is 42.5 Å². The number of para-hydroxylation sites is 1. The van der Waals surface area contributed by atoms with E-state index in [0.29, 0.717) is 33.1 Å². The highest BCUT2D eigenvalue weighted by Gasteiger charge is 2.41. The molecule has 0 saturated heterocycles. The molecule has 2 heterocycles. The van der Waals surface area contributed by atoms with Crippen molar-refractivity contribution in [3.8, 4) is 11.4 Å². The summed E-state index contributed by atoms with van der Waals surface area (Å²) in [6.45, 7) is 0.177. The fourth-order valence-corrected chi connectivity index (χ4v) is 3.94. The zero-order chi connectivity index (χ0) is 25.7. The van der Waals surface area contributed by atoms with Gasteiger partial charge in [0.2, 0.25) is 0 Å². The zero-order valence-electron chi connectivity index (χ0n) is 19.2. The van der Waals surface area contributed by atoms with Crippen LogP contribution in [0.2, 0.25) is 5.02 Å². The lowest BCUT2D eigenvalue weighted by molar-refractivity contribution is -0.143. The highest BCUT2D eigenvalue weighted by atomic mass is 35.5. The third-order valence-electron chi connectivity index (χ3n) is 5.54. The fourth-order valence-electron chi connectivity index (χ4n) is 3.81. The Morgan fingerprint density at radius 3 is 2.44 bits per heavy atom. The van der Waals surface area contributed by atoms with Gasteiger partial charge in [0.15, 0.2) is 5.69 Å². The van der Waals surface area contributed by atoms with Gasteiger partial charge in [-0.2, -0.15) is 18.3 Å². The Morgan fingerprint density at radius 2 is 1.78 bits per heavy atom. The van der Waals surface area contributed by atoms with Crippen molar-refractivity contribution in [2.24, 2.45) is 0 Å². The molecule has 0 atom stereocenters. The van der Waals surface area contributed by atoms with Gasteiger partial charge in [0.05, 0.1) is 24.6 Å². The monoisotopic (exact) mass is 514 g/mol. The molecule has 0 saturated carbocycles. The number of benzene rings is 2. The summed E-state index contributed by atoms with van der Waals surface area (Å²) in [6.07, 6.45) is -1.90. The molecule has 186 valence electrons. The number of halogens is 4. The standard InChI is InChI=1S/C26H22ClF3N4O2/c1-36-23-8-3-2-6-18(23)17-33(15-13-20-7-4-5-14-31-20)25(35)22-16-32-34(24(22)26(28,29)30)21-11-9-19(27)10-12-21/h2-12,14,16H,13,15,17H2,1H3. The molecule has 0 aliphatic carbocycles. The molecule has 36 heavy (non-hydrogen) atoms. The molecule has 4 rings (SSSR count). The lowest BCUT2D eigenvalue weighted by Crippen LogP contribution is -2.34. The van der Waals surface area contributed by atoms with Crippen molar-refractivity contribution in [3.05, 3.63) is 107 Å². The van der Waals surface area contributed by atoms with Crippen molar-refractivity contribution in [1.29, 1.82) is 0 Å². The molecular weight excluding hydrogens is 493 g/mol. The number of hydrogen-bond donors (Lipinski definition) is 0. The first-order chi connectivity index (χ1) is 17.3. The SMILES string of the molecule is COc1ccccc1CN(CCc1ccccn1)C(=O)c1cnn(-c2ccc(Cl)cc2)c1C(F)(F)F. The Labute approximate surface area is 210 Å². The maximum absolute atomic E-state index is 14.2. The number of carbonyl (C=O) groups excluding carboxylic acids is 1. The van der Waals surface area contributed by atoms with E-state index in [4.69, 9.17) is 16.3 Å². The predicted molar refractivity (Wildman–Crippen MR) is 129 cm³/mol. The molecule has 10 heteroatoms. The van der Waals surface area contributed by atoms with Crippen molar-refractivity contribution < 1.29 is 22.7 Å². The minimum Gasteiger partial charge on any atom is -0.496 e. The molecule has 0 aliphatic rings. The summed E-state index contributed by atoms with van der Waals surface area (Å²) < 4.78 is 48.8. The van der Waals surface area contributed by atoms with Crippen molar-refractivity contribution in [1.82, 2.24) is 19.7 Å². The molecule has 0 radical (unpaired) electrons. The van der Waals surface area contributed by atoms with Gasteiger partial charge in [-0.25, -0.2) is 4.68 Å². The van der Waals surface area contributed by atoms with E-state index < -0.39 is 23.3 Å². The second-order valence-corrected chi connectivity index (χ2v) is 8.34. The number of alkyl halides is 3. The quantitative estimate of drug-likeness (QED) is 0.297. The van der Waals surface area contributed by atoms with Crippen LogP contribution in [0.4, 0.5) is 13.2 Å². The van der Waals surface area contributed by atoms with Gasteiger partial charge in [0, 0.05) is 42.0 Å². The van der Waals surface area contributed by atoms with E-state index in [9.17, 15) is 18.0 Å². The Bertz CT molecular complexity index is 1330. The third kappa shape index (κ3) is 5.68. The van der Waals surface area contributed by atoms with E-state index in [1.54, 1.807) is 42.6 Å². The van der Waals surface area contributed by atoms with Crippen LogP contribution in [-0.4, -0.2) is 39.2 Å². The molecule has 0 spiro atoms. The average molecular weight is 515 g/mol. The first-order valence-corrected chi connectivity index (χ1v) is 11.4. The van der Waals surface area contributed by atoms with Gasteiger partial charge in [0.1, 0.15) is 5.75 Å². The lowest BCUT2D eigenvalue weighted by Gasteiger charge is -2.24. The van der Waals surface area contributed by atoms with Gasteiger partial charge < -0.3 is 9.64 Å². The van der Waals surface area contributed by atoms with Gasteiger partial charge in [-0.15, -0.1) is 0 Å². The van der Waals surface area contributed by atoms with Gasteiger partial charge in [0.25, 0.3) is 5.91 Å². The average Bonchev–Trinajstić information content (AvgIpc) is 3.33. The maximum Gasteiger partial charge on any atom is 0.434 e. The Balaban J connectivity index is 1.73. The number of aromatic nitrogens is 3. The highest BCUT2D eigenvalue weighted by Crippen LogP contribution is 2.35. The van der Waals surface area contributed by atoms with Crippen LogP contribution in [0.25, 0.3) is 5.69 Å². The fraction of sp³-hybridized carbons (Fsp3) is 0.192. The topological polar surface area (TPSA) is 60.2 Å². The van der Waals surface area contributed by atoms with Crippen molar-refractivity contribution in [2.45, 2.75) is 19.1 Å². The largest absolute Gasteiger partial charge is 0.496 e. The van der Waals surface area contributed by atoms with Gasteiger partial charge >= 0.3 is 6.18 Å². The molecule has 2 aromatic heterocycles. The summed E-state index contributed by atoms with van der Waals surface area (Å²) in [5, 5.41) is 4.28. The van der Waals surface area contributed by atoms with E-state index in [0.717, 1.165) is 6.20 Å². The minimum atomic E-state index is -4.84. The normalized spacial score (nSPS) is 11.4. The minimum absolute atomic E-state index is 0.0408. The van der Waals surface area contributed by atoms with Gasteiger partial charge in [-0.1, -0.05) is 35.9 Å². The van der Waals surface area contributed by atoms with Crippen LogP contribution in [0.5, 0.6) is 5.75 Å². The molecule has 0 aliphatic heterocycles. The summed E-state index contributed by atoms with van der Waals surface area (Å²) in [4.78, 5) is 19.2. The number of rotatable bonds is 8. The number of amides is 1. The molecule has 0 fully saturated rings. The van der Waals surface area contributed by atoms with Crippen LogP contribution in [0, 0.1) is 0 Å². The van der Waals surface area contributed by atoms with Gasteiger partial charge in [-0.3, -0.25) is 9.78 Å². The van der Waals surface area contributed by atoms with Crippen LogP contribution in [0.3, 0.4) is 0 Å². The molecule has 4 aromatic rings. The van der Waals surface area contributed by atoms with Crippen molar-refractivity contribution in [2.75, 3.05) is 13.7 Å². The first kappa shape index (κ1) is 25.2. The van der Waals surface area contributed by atoms with Crippen molar-refractivity contribution in [3.63, 3.8) is 0 Å². The van der Waals surface area contributed by atoms with E-state index in [-0.39, 0.29) is 18.8 Å². The summed E-state index contributed by atoms with van der Waals surface area (Å²) >= 11 is 5.89. The highest BCUT2D eigenvalue weighted by molar-refractivity contribution is 6.30. The summed E-state index contributed by atoms with van der Waals surface area (Å²) in [7, 11) is 1.50. The van der Waals surface area contributed by atoms with Crippen LogP contribution in [0.15, 0.2) is 79.1 Å². The van der Waals surface area contributed by atoms with Crippen molar-refractivity contribution >= 4 is 17.5 Å². The summed E-state index contributed by atoms with van der Waals surface area (Å²) in [6, 6.07) is 18.2. The van der Waals surface area contributed by atoms with Crippen LogP contribution >= 0.6 is 11.6 Å². The Kier molecular flexibility index (Phi) is 7.59. The third-order valence-corrected chi connectivity index (χ3v) is 5.80. The smallest absolute Gasteiger partial charge is 0.434 e. The van der Waals surface area contributed by atoms with Crippen LogP contribution in [0.1, 0.15) is 27.3 Å².